The number of aromatic nitrogens is 4. The third-order valence-corrected chi connectivity index (χ3v) is 4.99. The van der Waals surface area contributed by atoms with Gasteiger partial charge in [-0.2, -0.15) is 0 Å². The van der Waals surface area contributed by atoms with E-state index < -0.39 is 5.97 Å². The molecule has 0 spiro atoms. The average molecular weight is 348 g/mol. The number of hydrogen-bond donors (Lipinski definition) is 2. The van der Waals surface area contributed by atoms with Crippen LogP contribution < -0.4 is 5.32 Å². The number of nitrogens with zero attached hydrogens (tertiary/aromatic N) is 5. The second kappa shape index (κ2) is 6.06. The topological polar surface area (TPSA) is 122 Å². The first-order valence-corrected chi connectivity index (χ1v) is 7.61. The third kappa shape index (κ3) is 2.47. The van der Waals surface area contributed by atoms with E-state index in [9.17, 15) is 14.7 Å². The summed E-state index contributed by atoms with van der Waals surface area (Å²) in [5.74, 6) is -0.856. The van der Waals surface area contributed by atoms with E-state index >= 15 is 0 Å². The number of β-lactam (4-membered cyclic amide) rings is 1. The number of amides is 1. The van der Waals surface area contributed by atoms with Gasteiger partial charge in [-0.15, -0.1) is 5.10 Å². The van der Waals surface area contributed by atoms with Crippen LogP contribution in [0.5, 0.6) is 0 Å². The van der Waals surface area contributed by atoms with Crippen LogP contribution in [0.3, 0.4) is 0 Å². The van der Waals surface area contributed by atoms with Crippen molar-refractivity contribution in [2.75, 3.05) is 12.3 Å². The molecular formula is C11H13N6NaO4S. The zero-order chi connectivity index (χ0) is 15.4. The number of aliphatic carboxylic acids is 1. The Morgan fingerprint density at radius 2 is 2.35 bits per heavy atom. The van der Waals surface area contributed by atoms with Crippen LogP contribution in [-0.2, 0) is 21.4 Å². The van der Waals surface area contributed by atoms with Gasteiger partial charge < -0.3 is 15.2 Å². The van der Waals surface area contributed by atoms with Gasteiger partial charge in [0, 0.05) is 13.6 Å². The Labute approximate surface area is 156 Å². The van der Waals surface area contributed by atoms with Gasteiger partial charge in [0.05, 0.1) is 11.8 Å². The number of rotatable bonds is 4. The molecule has 0 saturated carbocycles. The van der Waals surface area contributed by atoms with Gasteiger partial charge in [0.2, 0.25) is 11.1 Å². The quantitative estimate of drug-likeness (QED) is 0.346. The van der Waals surface area contributed by atoms with Crippen molar-refractivity contribution in [2.45, 2.75) is 23.3 Å². The Balaban J connectivity index is 0.00000156. The summed E-state index contributed by atoms with van der Waals surface area (Å²) in [5.41, 5.74) is -0.0752. The van der Waals surface area contributed by atoms with Crippen LogP contribution in [-0.4, -0.2) is 102 Å². The molecule has 118 valence electrons. The molecule has 0 aliphatic carbocycles. The van der Waals surface area contributed by atoms with Crippen LogP contribution in [0, 0.1) is 0 Å². The van der Waals surface area contributed by atoms with Gasteiger partial charge in [-0.3, -0.25) is 9.69 Å². The van der Waals surface area contributed by atoms with Crippen LogP contribution in [0.2, 0.25) is 0 Å². The monoisotopic (exact) mass is 348 g/mol. The van der Waals surface area contributed by atoms with E-state index in [0.717, 1.165) is 0 Å². The number of hydrogen-bond acceptors (Lipinski definition) is 8. The molecule has 1 aromatic heterocycles. The average Bonchev–Trinajstić information content (AvgIpc) is 3.07. The Morgan fingerprint density at radius 3 is 3.00 bits per heavy atom. The van der Waals surface area contributed by atoms with Gasteiger partial charge in [0.25, 0.3) is 0 Å². The van der Waals surface area contributed by atoms with Crippen molar-refractivity contribution in [3.05, 3.63) is 11.5 Å². The van der Waals surface area contributed by atoms with E-state index in [-0.39, 0.29) is 70.9 Å². The predicted octanol–water partition coefficient (Wildman–Crippen LogP) is -2.47. The van der Waals surface area contributed by atoms with E-state index in [1.807, 2.05) is 0 Å². The Morgan fingerprint density at radius 1 is 1.57 bits per heavy atom. The molecular weight excluding hydrogens is 335 g/mol. The SMILES string of the molecule is Cn1nnnc1SCC1=C(C(=O)O)N2C(=O)[C@H]3NC[C@@H](O1)[C@H]32.[NaH]. The van der Waals surface area contributed by atoms with E-state index in [1.54, 1.807) is 7.05 Å². The van der Waals surface area contributed by atoms with Gasteiger partial charge in [0.1, 0.15) is 17.9 Å². The van der Waals surface area contributed by atoms with E-state index in [0.29, 0.717) is 11.7 Å². The summed E-state index contributed by atoms with van der Waals surface area (Å²) >= 11 is 1.26. The maximum atomic E-state index is 12.1. The van der Waals surface area contributed by atoms with Crippen molar-refractivity contribution in [1.29, 1.82) is 0 Å². The number of carbonyl (C=O) groups is 2. The van der Waals surface area contributed by atoms with Crippen LogP contribution in [0.1, 0.15) is 0 Å². The molecule has 1 amide bonds. The van der Waals surface area contributed by atoms with Crippen molar-refractivity contribution in [3.8, 4) is 0 Å². The number of ether oxygens (including phenoxy) is 1. The maximum absolute atomic E-state index is 12.1. The van der Waals surface area contributed by atoms with E-state index in [2.05, 4.69) is 20.8 Å². The molecule has 2 saturated heterocycles. The number of aryl methyl sites for hydroxylation is 1. The summed E-state index contributed by atoms with van der Waals surface area (Å²) in [6, 6.07) is -0.541. The van der Waals surface area contributed by atoms with Crippen LogP contribution in [0.15, 0.2) is 16.6 Å². The second-order valence-electron chi connectivity index (χ2n) is 5.19. The fourth-order valence-corrected chi connectivity index (χ4v) is 3.79. The zero-order valence-electron chi connectivity index (χ0n) is 11.5. The molecule has 3 aliphatic heterocycles. The van der Waals surface area contributed by atoms with Crippen molar-refractivity contribution in [2.24, 2.45) is 7.05 Å². The molecule has 23 heavy (non-hydrogen) atoms. The van der Waals surface area contributed by atoms with E-state index in [4.69, 9.17) is 4.74 Å². The Kier molecular flexibility index (Phi) is 4.40. The Bertz CT molecular complexity index is 708. The zero-order valence-corrected chi connectivity index (χ0v) is 12.3. The van der Waals surface area contributed by atoms with Gasteiger partial charge in [-0.05, 0) is 10.4 Å². The van der Waals surface area contributed by atoms with Crippen molar-refractivity contribution in [3.63, 3.8) is 0 Å². The molecule has 0 radical (unpaired) electrons. The fourth-order valence-electron chi connectivity index (χ4n) is 3.00. The molecule has 0 unspecified atom stereocenters. The minimum atomic E-state index is -1.16. The van der Waals surface area contributed by atoms with Crippen molar-refractivity contribution < 1.29 is 19.4 Å². The normalized spacial score (nSPS) is 28.0. The fraction of sp³-hybridized carbons (Fsp3) is 0.545. The van der Waals surface area contributed by atoms with Gasteiger partial charge in [-0.25, -0.2) is 9.48 Å². The molecule has 1 aromatic rings. The molecule has 2 N–H and O–H groups in total. The molecule has 0 bridgehead atoms. The van der Waals surface area contributed by atoms with Crippen LogP contribution in [0.25, 0.3) is 0 Å². The Hall–Kier alpha value is -1.14. The van der Waals surface area contributed by atoms with Crippen LogP contribution >= 0.6 is 11.8 Å². The molecule has 10 nitrogen and oxygen atoms in total. The van der Waals surface area contributed by atoms with E-state index in [1.165, 1.54) is 21.3 Å². The first-order chi connectivity index (χ1) is 10.6. The molecule has 3 aliphatic rings. The number of thioether (sulfide) groups is 1. The molecule has 2 fully saturated rings. The predicted molar refractivity (Wildman–Crippen MR) is 78.6 cm³/mol. The summed E-state index contributed by atoms with van der Waals surface area (Å²) in [6.07, 6.45) is -0.209. The van der Waals surface area contributed by atoms with Gasteiger partial charge in [0.15, 0.2) is 5.70 Å². The van der Waals surface area contributed by atoms with Crippen molar-refractivity contribution in [1.82, 2.24) is 30.4 Å². The summed E-state index contributed by atoms with van der Waals surface area (Å²) < 4.78 is 7.30. The van der Waals surface area contributed by atoms with Gasteiger partial charge in [-0.1, -0.05) is 11.8 Å². The summed E-state index contributed by atoms with van der Waals surface area (Å²) in [6.45, 7) is 0.532. The number of nitrogens with one attached hydrogen (secondary N) is 1. The first-order valence-electron chi connectivity index (χ1n) is 6.62. The standard InChI is InChI=1S/C11H12N6O4S.Na.H/c1-16-11(13-14-15-16)22-3-5-8(10(19)20)17-7-4(21-5)2-12-6(7)9(17)18;;/h4,6-7,12H,2-3H2,1H3,(H,19,20);;/t4-,6+,7-;;/m1../s1. The molecule has 0 aromatic carbocycles. The minimum absolute atomic E-state index is 0. The molecule has 4 rings (SSSR count). The summed E-state index contributed by atoms with van der Waals surface area (Å²) in [4.78, 5) is 25.0. The molecule has 3 atom stereocenters. The molecule has 12 heteroatoms. The first kappa shape index (κ1) is 16.7. The third-order valence-electron chi connectivity index (χ3n) is 3.98. The number of carboxylic acids is 1. The van der Waals surface area contributed by atoms with Crippen LogP contribution in [0.4, 0.5) is 0 Å². The van der Waals surface area contributed by atoms with Gasteiger partial charge >= 0.3 is 35.5 Å². The number of carboxylic acid groups (broad SMARTS) is 1. The molecule has 4 heterocycles. The number of tetrazole rings is 1. The van der Waals surface area contributed by atoms with Crippen molar-refractivity contribution >= 4 is 53.2 Å². The second-order valence-corrected chi connectivity index (χ2v) is 6.13. The summed E-state index contributed by atoms with van der Waals surface area (Å²) in [5, 5.41) is 24.1. The number of carbonyl (C=O) groups excluding carboxylic acids is 1. The summed E-state index contributed by atoms with van der Waals surface area (Å²) in [7, 11) is 1.69.